The predicted molar refractivity (Wildman–Crippen MR) is 141 cm³/mol. The average molecular weight is 556 g/mol. The fourth-order valence-electron chi connectivity index (χ4n) is 4.60. The van der Waals surface area contributed by atoms with E-state index in [0.29, 0.717) is 35.1 Å². The van der Waals surface area contributed by atoms with Crippen LogP contribution in [0.3, 0.4) is 0 Å². The molecule has 2 aromatic heterocycles. The van der Waals surface area contributed by atoms with E-state index in [2.05, 4.69) is 24.2 Å². The lowest BCUT2D eigenvalue weighted by molar-refractivity contribution is -0.192. The molecule has 1 atom stereocenters. The van der Waals surface area contributed by atoms with Gasteiger partial charge in [0.25, 0.3) is 11.5 Å². The number of alkyl halides is 3. The van der Waals surface area contributed by atoms with Crippen LogP contribution in [-0.4, -0.2) is 65.9 Å². The van der Waals surface area contributed by atoms with Gasteiger partial charge in [-0.15, -0.1) is 11.3 Å². The number of nitrogens with one attached hydrogen (secondary N) is 1. The van der Waals surface area contributed by atoms with Gasteiger partial charge in [-0.3, -0.25) is 9.59 Å². The van der Waals surface area contributed by atoms with Crippen LogP contribution >= 0.6 is 11.3 Å². The van der Waals surface area contributed by atoms with Crippen molar-refractivity contribution in [1.82, 2.24) is 14.8 Å². The van der Waals surface area contributed by atoms with Gasteiger partial charge >= 0.3 is 12.1 Å². The molecule has 1 fully saturated rings. The van der Waals surface area contributed by atoms with Gasteiger partial charge in [-0.25, -0.2) is 4.79 Å². The first-order valence-corrected chi connectivity index (χ1v) is 13.2. The number of aliphatic carboxylic acids is 1. The number of nitrogens with zero attached hydrogens (tertiary/aromatic N) is 2. The van der Waals surface area contributed by atoms with Crippen LogP contribution in [0.4, 0.5) is 13.2 Å². The number of halogens is 3. The number of hydrogen-bond acceptors (Lipinski definition) is 6. The molecule has 1 unspecified atom stereocenters. The number of para-hydroxylation sites is 1. The van der Waals surface area contributed by atoms with Crippen LogP contribution in [0.2, 0.25) is 0 Å². The van der Waals surface area contributed by atoms with Gasteiger partial charge in [-0.1, -0.05) is 31.5 Å². The number of aromatic nitrogens is 1. The highest BCUT2D eigenvalue weighted by molar-refractivity contribution is 7.22. The normalized spacial score (nSPS) is 15.9. The number of methoxy groups -OCH3 is 1. The van der Waals surface area contributed by atoms with Crippen LogP contribution in [0, 0.1) is 0 Å². The second kappa shape index (κ2) is 12.6. The van der Waals surface area contributed by atoms with Crippen molar-refractivity contribution < 1.29 is 32.6 Å². The van der Waals surface area contributed by atoms with Crippen LogP contribution in [0.5, 0.6) is 5.75 Å². The molecule has 0 bridgehead atoms. The molecule has 0 aliphatic carbocycles. The lowest BCUT2D eigenvalue weighted by Gasteiger charge is -2.19. The Bertz CT molecular complexity index is 1350. The van der Waals surface area contributed by atoms with Crippen LogP contribution in [-0.2, 0) is 11.3 Å². The Morgan fingerprint density at radius 3 is 2.53 bits per heavy atom. The number of carboxylic acids is 1. The first-order chi connectivity index (χ1) is 18.0. The molecule has 38 heavy (non-hydrogen) atoms. The minimum atomic E-state index is -5.08. The van der Waals surface area contributed by atoms with Crippen LogP contribution in [0.1, 0.15) is 48.7 Å². The monoisotopic (exact) mass is 555 g/mol. The van der Waals surface area contributed by atoms with E-state index < -0.39 is 12.1 Å². The molecule has 12 heteroatoms. The van der Waals surface area contributed by atoms with Gasteiger partial charge in [0.15, 0.2) is 5.75 Å². The van der Waals surface area contributed by atoms with Gasteiger partial charge in [0.05, 0.1) is 17.3 Å². The number of amides is 1. The van der Waals surface area contributed by atoms with E-state index in [0.717, 1.165) is 41.4 Å². The summed E-state index contributed by atoms with van der Waals surface area (Å²) in [5.74, 6) is -2.52. The van der Waals surface area contributed by atoms with Crippen molar-refractivity contribution in [3.63, 3.8) is 0 Å². The summed E-state index contributed by atoms with van der Waals surface area (Å²) in [6, 6.07) is 8.46. The summed E-state index contributed by atoms with van der Waals surface area (Å²) >= 11 is 1.36. The zero-order chi connectivity index (χ0) is 28.0. The number of thiophene rings is 1. The number of pyridine rings is 1. The van der Waals surface area contributed by atoms with Crippen molar-refractivity contribution in [3.05, 3.63) is 39.5 Å². The molecule has 1 aliphatic heterocycles. The molecule has 1 saturated heterocycles. The Hall–Kier alpha value is -3.12. The maximum Gasteiger partial charge on any atom is 0.490 e. The standard InChI is InChI=1S/C24H31N3O3S.C2HF3O2/c1-4-5-15-27-18-11-7-6-10-17(18)21-19(24(27)29)20(30-3)22(31-21)23(28)25-13-12-16-9-8-14-26(16)2;3-2(4,5)1(6)7/h6-7,10-11,16H,4-5,8-9,12-15H2,1-3H3,(H,25,28);(H,6,7). The summed E-state index contributed by atoms with van der Waals surface area (Å²) in [6.07, 6.45) is 0.176. The van der Waals surface area contributed by atoms with Crippen molar-refractivity contribution >= 4 is 44.2 Å². The quantitative estimate of drug-likeness (QED) is 0.411. The molecular weight excluding hydrogens is 523 g/mol. The van der Waals surface area contributed by atoms with Gasteiger partial charge in [0, 0.05) is 24.5 Å². The predicted octanol–water partition coefficient (Wildman–Crippen LogP) is 4.87. The van der Waals surface area contributed by atoms with E-state index in [1.807, 2.05) is 28.8 Å². The number of likely N-dealkylation sites (tertiary alicyclic amines) is 1. The van der Waals surface area contributed by atoms with E-state index in [4.69, 9.17) is 14.6 Å². The third-order valence-corrected chi connectivity index (χ3v) is 7.79. The third-order valence-electron chi connectivity index (χ3n) is 6.59. The molecule has 3 heterocycles. The van der Waals surface area contributed by atoms with Gasteiger partial charge in [-0.05, 0) is 45.3 Å². The summed E-state index contributed by atoms with van der Waals surface area (Å²) < 4.78 is 40.0. The molecule has 208 valence electrons. The van der Waals surface area contributed by atoms with Crippen LogP contribution in [0.15, 0.2) is 29.1 Å². The number of benzene rings is 1. The molecule has 1 amide bonds. The topological polar surface area (TPSA) is 101 Å². The minimum Gasteiger partial charge on any atom is -0.494 e. The smallest absolute Gasteiger partial charge is 0.490 e. The number of carboxylic acid groups (broad SMARTS) is 1. The number of carbonyl (C=O) groups excluding carboxylic acids is 1. The number of fused-ring (bicyclic) bond motifs is 3. The second-order valence-electron chi connectivity index (χ2n) is 9.12. The van der Waals surface area contributed by atoms with Gasteiger partial charge in [0.1, 0.15) is 10.3 Å². The molecule has 1 aromatic carbocycles. The van der Waals surface area contributed by atoms with Crippen molar-refractivity contribution in [1.29, 1.82) is 0 Å². The fraction of sp³-hybridized carbons (Fsp3) is 0.500. The summed E-state index contributed by atoms with van der Waals surface area (Å²) in [6.45, 7) is 4.51. The fourth-order valence-corrected chi connectivity index (χ4v) is 5.82. The Morgan fingerprint density at radius 1 is 1.26 bits per heavy atom. The molecule has 3 aromatic rings. The van der Waals surface area contributed by atoms with E-state index in [-0.39, 0.29) is 11.5 Å². The summed E-state index contributed by atoms with van der Waals surface area (Å²) in [4.78, 5) is 38.2. The molecule has 2 N–H and O–H groups in total. The number of hydrogen-bond donors (Lipinski definition) is 2. The number of unbranched alkanes of at least 4 members (excludes halogenated alkanes) is 1. The highest BCUT2D eigenvalue weighted by Gasteiger charge is 2.38. The van der Waals surface area contributed by atoms with Gasteiger partial charge in [-0.2, -0.15) is 13.2 Å². The number of rotatable bonds is 8. The molecule has 0 spiro atoms. The first-order valence-electron chi connectivity index (χ1n) is 12.4. The Kier molecular flexibility index (Phi) is 9.77. The zero-order valence-electron chi connectivity index (χ0n) is 21.6. The Morgan fingerprint density at radius 2 is 1.95 bits per heavy atom. The van der Waals surface area contributed by atoms with Crippen molar-refractivity contribution in [3.8, 4) is 5.75 Å². The zero-order valence-corrected chi connectivity index (χ0v) is 22.4. The lowest BCUT2D eigenvalue weighted by Crippen LogP contribution is -2.31. The number of aryl methyl sites for hydroxylation is 1. The number of carbonyl (C=O) groups is 2. The highest BCUT2D eigenvalue weighted by atomic mass is 32.1. The van der Waals surface area contributed by atoms with Crippen LogP contribution < -0.4 is 15.6 Å². The largest absolute Gasteiger partial charge is 0.494 e. The molecule has 8 nitrogen and oxygen atoms in total. The highest BCUT2D eigenvalue weighted by Crippen LogP contribution is 2.39. The van der Waals surface area contributed by atoms with E-state index in [1.165, 1.54) is 31.3 Å². The molecule has 0 saturated carbocycles. The maximum absolute atomic E-state index is 13.4. The first kappa shape index (κ1) is 29.4. The summed E-state index contributed by atoms with van der Waals surface area (Å²) in [7, 11) is 3.68. The Balaban J connectivity index is 0.000000505. The third kappa shape index (κ3) is 6.47. The van der Waals surface area contributed by atoms with Gasteiger partial charge < -0.3 is 24.6 Å². The van der Waals surface area contributed by atoms with Crippen LogP contribution in [0.25, 0.3) is 21.0 Å². The van der Waals surface area contributed by atoms with Crippen molar-refractivity contribution in [2.24, 2.45) is 0 Å². The summed E-state index contributed by atoms with van der Waals surface area (Å²) in [5, 5.41) is 11.7. The number of ether oxygens (including phenoxy) is 1. The van der Waals surface area contributed by atoms with E-state index in [1.54, 1.807) is 0 Å². The van der Waals surface area contributed by atoms with Gasteiger partial charge in [0.2, 0.25) is 0 Å². The minimum absolute atomic E-state index is 0.0816. The molecular formula is C26H32F3N3O5S. The van der Waals surface area contributed by atoms with Crippen molar-refractivity contribution in [2.45, 2.75) is 57.8 Å². The molecule has 4 rings (SSSR count). The maximum atomic E-state index is 13.4. The Labute approximate surface area is 222 Å². The van der Waals surface area contributed by atoms with Crippen molar-refractivity contribution in [2.75, 3.05) is 27.2 Å². The SMILES string of the molecule is CCCCn1c(=O)c2c(OC)c(C(=O)NCCC3CCCN3C)sc2c2ccccc21.O=C(O)C(F)(F)F. The van der Waals surface area contributed by atoms with E-state index >= 15 is 0 Å². The second-order valence-corrected chi connectivity index (χ2v) is 10.1. The lowest BCUT2D eigenvalue weighted by atomic mass is 10.1. The average Bonchev–Trinajstić information content (AvgIpc) is 3.47. The summed E-state index contributed by atoms with van der Waals surface area (Å²) in [5.41, 5.74) is 0.829. The molecule has 0 radical (unpaired) electrons. The van der Waals surface area contributed by atoms with E-state index in [9.17, 15) is 22.8 Å². The molecule has 1 aliphatic rings.